The summed E-state index contributed by atoms with van der Waals surface area (Å²) in [5.41, 5.74) is 1.92. The highest BCUT2D eigenvalue weighted by molar-refractivity contribution is 6.43. The molecule has 4 nitrogen and oxygen atoms in total. The summed E-state index contributed by atoms with van der Waals surface area (Å²) < 4.78 is 12.8. The van der Waals surface area contributed by atoms with Crippen molar-refractivity contribution in [3.8, 4) is 0 Å². The first-order valence-electron chi connectivity index (χ1n) is 6.56. The number of aryl methyl sites for hydroxylation is 1. The molecule has 2 amide bonds. The van der Waals surface area contributed by atoms with E-state index in [0.717, 1.165) is 12.0 Å². The average molecular weight is 286 g/mol. The molecule has 0 aliphatic carbocycles. The lowest BCUT2D eigenvalue weighted by molar-refractivity contribution is -0.133. The van der Waals surface area contributed by atoms with E-state index >= 15 is 0 Å². The Morgan fingerprint density at radius 2 is 1.57 bits per heavy atom. The Bertz CT molecular complexity index is 654. The number of benzene rings is 2. The van der Waals surface area contributed by atoms with Gasteiger partial charge < -0.3 is 10.6 Å². The van der Waals surface area contributed by atoms with Gasteiger partial charge >= 0.3 is 11.8 Å². The van der Waals surface area contributed by atoms with E-state index in [4.69, 9.17) is 0 Å². The summed E-state index contributed by atoms with van der Waals surface area (Å²) in [7, 11) is 0. The minimum Gasteiger partial charge on any atom is -0.318 e. The van der Waals surface area contributed by atoms with Crippen molar-refractivity contribution in [3.05, 3.63) is 59.9 Å². The Labute approximate surface area is 122 Å². The highest BCUT2D eigenvalue weighted by Crippen LogP contribution is 2.15. The van der Waals surface area contributed by atoms with Gasteiger partial charge in [0.05, 0.1) is 0 Å². The molecule has 2 aromatic rings. The van der Waals surface area contributed by atoms with E-state index in [1.807, 2.05) is 19.1 Å². The van der Waals surface area contributed by atoms with Crippen molar-refractivity contribution >= 4 is 23.2 Å². The van der Waals surface area contributed by atoms with Gasteiger partial charge in [0.15, 0.2) is 0 Å². The fourth-order valence-corrected chi connectivity index (χ4v) is 1.85. The van der Waals surface area contributed by atoms with Crippen molar-refractivity contribution < 1.29 is 14.0 Å². The molecule has 21 heavy (non-hydrogen) atoms. The SMILES string of the molecule is CCc1ccccc1NC(=O)C(=O)Nc1ccc(F)cc1. The van der Waals surface area contributed by atoms with Crippen LogP contribution in [-0.2, 0) is 16.0 Å². The summed E-state index contributed by atoms with van der Waals surface area (Å²) in [5.74, 6) is -1.97. The zero-order chi connectivity index (χ0) is 15.2. The number of hydrogen-bond donors (Lipinski definition) is 2. The van der Waals surface area contributed by atoms with Gasteiger partial charge in [-0.3, -0.25) is 9.59 Å². The molecular formula is C16H15FN2O2. The largest absolute Gasteiger partial charge is 0.318 e. The van der Waals surface area contributed by atoms with E-state index in [1.165, 1.54) is 24.3 Å². The van der Waals surface area contributed by atoms with Crippen LogP contribution in [0.1, 0.15) is 12.5 Å². The van der Waals surface area contributed by atoms with Crippen LogP contribution in [0.3, 0.4) is 0 Å². The number of rotatable bonds is 3. The fraction of sp³-hybridized carbons (Fsp3) is 0.125. The van der Waals surface area contributed by atoms with Crippen molar-refractivity contribution in [2.75, 3.05) is 10.6 Å². The third-order valence-electron chi connectivity index (χ3n) is 2.95. The Balaban J connectivity index is 2.02. The number of carbonyl (C=O) groups is 2. The smallest absolute Gasteiger partial charge is 0.314 e. The van der Waals surface area contributed by atoms with Crippen LogP contribution in [0.2, 0.25) is 0 Å². The van der Waals surface area contributed by atoms with Gasteiger partial charge in [0.25, 0.3) is 0 Å². The fourth-order valence-electron chi connectivity index (χ4n) is 1.85. The molecule has 5 heteroatoms. The zero-order valence-electron chi connectivity index (χ0n) is 11.5. The number of halogens is 1. The van der Waals surface area contributed by atoms with Crippen LogP contribution in [0.25, 0.3) is 0 Å². The normalized spacial score (nSPS) is 10.0. The summed E-state index contributed by atoms with van der Waals surface area (Å²) in [6.07, 6.45) is 0.746. The molecule has 0 unspecified atom stereocenters. The van der Waals surface area contributed by atoms with Crippen molar-refractivity contribution in [2.45, 2.75) is 13.3 Å². The van der Waals surface area contributed by atoms with Gasteiger partial charge in [-0.1, -0.05) is 25.1 Å². The van der Waals surface area contributed by atoms with E-state index in [0.29, 0.717) is 11.4 Å². The summed E-state index contributed by atoms with van der Waals surface area (Å²) in [6, 6.07) is 12.5. The highest BCUT2D eigenvalue weighted by atomic mass is 19.1. The molecule has 2 aromatic carbocycles. The zero-order valence-corrected chi connectivity index (χ0v) is 11.5. The predicted octanol–water partition coefficient (Wildman–Crippen LogP) is 2.97. The first-order valence-corrected chi connectivity index (χ1v) is 6.56. The Kier molecular flexibility index (Phi) is 4.66. The molecule has 0 saturated heterocycles. The quantitative estimate of drug-likeness (QED) is 0.852. The first-order chi connectivity index (χ1) is 10.1. The average Bonchev–Trinajstić information content (AvgIpc) is 2.50. The third-order valence-corrected chi connectivity index (χ3v) is 2.95. The summed E-state index contributed by atoms with van der Waals surface area (Å²) in [4.78, 5) is 23.6. The molecule has 0 aromatic heterocycles. The van der Waals surface area contributed by atoms with Crippen molar-refractivity contribution in [3.63, 3.8) is 0 Å². The molecule has 108 valence electrons. The van der Waals surface area contributed by atoms with Crippen molar-refractivity contribution in [1.29, 1.82) is 0 Å². The Hall–Kier alpha value is -2.69. The van der Waals surface area contributed by atoms with Crippen molar-refractivity contribution in [1.82, 2.24) is 0 Å². The number of anilines is 2. The lowest BCUT2D eigenvalue weighted by Gasteiger charge is -2.09. The van der Waals surface area contributed by atoms with Gasteiger partial charge in [-0.15, -0.1) is 0 Å². The molecule has 0 radical (unpaired) electrons. The number of hydrogen-bond acceptors (Lipinski definition) is 2. The molecule has 0 spiro atoms. The van der Waals surface area contributed by atoms with Crippen LogP contribution < -0.4 is 10.6 Å². The maximum Gasteiger partial charge on any atom is 0.314 e. The Morgan fingerprint density at radius 1 is 0.952 bits per heavy atom. The van der Waals surface area contributed by atoms with Gasteiger partial charge in [-0.25, -0.2) is 4.39 Å². The van der Waals surface area contributed by atoms with Crippen molar-refractivity contribution in [2.24, 2.45) is 0 Å². The molecule has 0 atom stereocenters. The van der Waals surface area contributed by atoms with Gasteiger partial charge in [-0.2, -0.15) is 0 Å². The summed E-state index contributed by atoms with van der Waals surface area (Å²) >= 11 is 0. The second-order valence-electron chi connectivity index (χ2n) is 4.43. The number of nitrogens with one attached hydrogen (secondary N) is 2. The Morgan fingerprint density at radius 3 is 2.24 bits per heavy atom. The predicted molar refractivity (Wildman–Crippen MR) is 79.5 cm³/mol. The molecule has 0 saturated carbocycles. The first kappa shape index (κ1) is 14.7. The molecule has 0 heterocycles. The van der Waals surface area contributed by atoms with Crippen LogP contribution in [0.4, 0.5) is 15.8 Å². The lowest BCUT2D eigenvalue weighted by atomic mass is 10.1. The van der Waals surface area contributed by atoms with Crippen LogP contribution >= 0.6 is 0 Å². The van der Waals surface area contributed by atoms with Gasteiger partial charge in [0.2, 0.25) is 0 Å². The minimum absolute atomic E-state index is 0.361. The van der Waals surface area contributed by atoms with E-state index in [1.54, 1.807) is 12.1 Å². The van der Waals surface area contributed by atoms with E-state index < -0.39 is 17.6 Å². The van der Waals surface area contributed by atoms with Crippen LogP contribution in [0, 0.1) is 5.82 Å². The summed E-state index contributed by atoms with van der Waals surface area (Å²) in [5, 5.41) is 4.98. The summed E-state index contributed by atoms with van der Waals surface area (Å²) in [6.45, 7) is 1.96. The second kappa shape index (κ2) is 6.65. The number of amides is 2. The molecule has 0 bridgehead atoms. The van der Waals surface area contributed by atoms with Gasteiger partial charge in [0, 0.05) is 11.4 Å². The van der Waals surface area contributed by atoms with Crippen LogP contribution in [0.5, 0.6) is 0 Å². The minimum atomic E-state index is -0.799. The van der Waals surface area contributed by atoms with E-state index in [2.05, 4.69) is 10.6 Å². The number of carbonyl (C=O) groups excluding carboxylic acids is 2. The van der Waals surface area contributed by atoms with E-state index in [9.17, 15) is 14.0 Å². The van der Waals surface area contributed by atoms with Gasteiger partial charge in [0.1, 0.15) is 5.82 Å². The second-order valence-corrected chi connectivity index (χ2v) is 4.43. The topological polar surface area (TPSA) is 58.2 Å². The van der Waals surface area contributed by atoms with E-state index in [-0.39, 0.29) is 0 Å². The van der Waals surface area contributed by atoms with Gasteiger partial charge in [-0.05, 0) is 42.3 Å². The monoisotopic (exact) mass is 286 g/mol. The molecule has 2 N–H and O–H groups in total. The maximum absolute atomic E-state index is 12.8. The van der Waals surface area contributed by atoms with Crippen LogP contribution in [0.15, 0.2) is 48.5 Å². The molecule has 0 fully saturated rings. The number of para-hydroxylation sites is 1. The maximum atomic E-state index is 12.8. The van der Waals surface area contributed by atoms with Crippen LogP contribution in [-0.4, -0.2) is 11.8 Å². The molecule has 0 aliphatic rings. The molecule has 2 rings (SSSR count). The molecular weight excluding hydrogens is 271 g/mol. The third kappa shape index (κ3) is 3.89. The standard InChI is InChI=1S/C16H15FN2O2/c1-2-11-5-3-4-6-14(11)19-16(21)15(20)18-13-9-7-12(17)8-10-13/h3-10H,2H2,1H3,(H,18,20)(H,19,21). The highest BCUT2D eigenvalue weighted by Gasteiger charge is 2.15. The lowest BCUT2D eigenvalue weighted by Crippen LogP contribution is -2.29. The molecule has 0 aliphatic heterocycles.